The molecule has 0 aliphatic rings. The van der Waals surface area contributed by atoms with Crippen molar-refractivity contribution in [2.24, 2.45) is 0 Å². The van der Waals surface area contributed by atoms with Gasteiger partial charge in [0.2, 0.25) is 0 Å². The van der Waals surface area contributed by atoms with Crippen LogP contribution >= 0.6 is 0 Å². The van der Waals surface area contributed by atoms with Crippen LogP contribution in [0.5, 0.6) is 5.75 Å². The van der Waals surface area contributed by atoms with Crippen molar-refractivity contribution < 1.29 is 9.53 Å². The molecule has 0 atom stereocenters. The van der Waals surface area contributed by atoms with E-state index in [2.05, 4.69) is 24.1 Å². The number of hydrogen-bond donors (Lipinski definition) is 2. The van der Waals surface area contributed by atoms with Gasteiger partial charge in [0.15, 0.2) is 0 Å². The second-order valence-electron chi connectivity index (χ2n) is 5.13. The van der Waals surface area contributed by atoms with Gasteiger partial charge < -0.3 is 20.7 Å². The van der Waals surface area contributed by atoms with Crippen molar-refractivity contribution in [2.75, 3.05) is 36.1 Å². The van der Waals surface area contributed by atoms with Crippen LogP contribution in [-0.4, -0.2) is 26.1 Å². The lowest BCUT2D eigenvalue weighted by atomic mass is 10.1. The Labute approximate surface area is 137 Å². The summed E-state index contributed by atoms with van der Waals surface area (Å²) in [5, 5.41) is 2.95. The number of nitrogens with two attached hydrogens (primary N) is 1. The van der Waals surface area contributed by atoms with Gasteiger partial charge in [0, 0.05) is 24.3 Å². The Bertz CT molecular complexity index is 664. The number of rotatable bonds is 6. The van der Waals surface area contributed by atoms with E-state index in [9.17, 15) is 4.79 Å². The van der Waals surface area contributed by atoms with E-state index in [0.29, 0.717) is 17.0 Å². The Hall–Kier alpha value is -2.69. The molecule has 0 aromatic heterocycles. The molecule has 0 unspecified atom stereocenters. The van der Waals surface area contributed by atoms with Gasteiger partial charge in [-0.05, 0) is 56.3 Å². The maximum atomic E-state index is 12.5. The molecule has 0 aliphatic heterocycles. The van der Waals surface area contributed by atoms with Crippen molar-refractivity contribution >= 4 is 23.0 Å². The van der Waals surface area contributed by atoms with Crippen LogP contribution < -0.4 is 20.7 Å². The van der Waals surface area contributed by atoms with E-state index in [1.54, 1.807) is 37.4 Å². The summed E-state index contributed by atoms with van der Waals surface area (Å²) < 4.78 is 5.11. The lowest BCUT2D eigenvalue weighted by molar-refractivity contribution is 0.102. The van der Waals surface area contributed by atoms with Crippen LogP contribution in [0, 0.1) is 0 Å². The number of nitrogen functional groups attached to an aromatic ring is 1. The highest BCUT2D eigenvalue weighted by Crippen LogP contribution is 2.28. The summed E-state index contributed by atoms with van der Waals surface area (Å²) in [6.07, 6.45) is 0. The minimum Gasteiger partial charge on any atom is -0.497 e. The molecular formula is C18H23N3O2. The van der Waals surface area contributed by atoms with Crippen molar-refractivity contribution in [3.8, 4) is 5.75 Å². The van der Waals surface area contributed by atoms with Crippen LogP contribution in [0.25, 0.3) is 0 Å². The van der Waals surface area contributed by atoms with Crippen molar-refractivity contribution in [3.05, 3.63) is 48.0 Å². The third-order valence-electron chi connectivity index (χ3n) is 3.73. The number of ether oxygens (including phenoxy) is 1. The predicted octanol–water partition coefficient (Wildman–Crippen LogP) is 3.38. The van der Waals surface area contributed by atoms with Gasteiger partial charge in [-0.1, -0.05) is 0 Å². The highest BCUT2D eigenvalue weighted by molar-refractivity contribution is 6.06. The first-order valence-electron chi connectivity index (χ1n) is 7.68. The first-order valence-corrected chi connectivity index (χ1v) is 7.68. The molecule has 0 heterocycles. The van der Waals surface area contributed by atoms with Crippen LogP contribution in [0.15, 0.2) is 42.5 Å². The van der Waals surface area contributed by atoms with Crippen molar-refractivity contribution in [1.29, 1.82) is 0 Å². The molecule has 0 radical (unpaired) electrons. The Morgan fingerprint density at radius 3 is 2.35 bits per heavy atom. The number of carbonyl (C=O) groups is 1. The molecule has 0 fully saturated rings. The minimum absolute atomic E-state index is 0.174. The molecule has 122 valence electrons. The van der Waals surface area contributed by atoms with Gasteiger partial charge in [-0.2, -0.15) is 0 Å². The Balaban J connectivity index is 2.27. The van der Waals surface area contributed by atoms with Crippen LogP contribution in [0.3, 0.4) is 0 Å². The molecule has 3 N–H and O–H groups in total. The second kappa shape index (κ2) is 7.54. The zero-order valence-corrected chi connectivity index (χ0v) is 13.8. The largest absolute Gasteiger partial charge is 0.497 e. The number of nitrogens with zero attached hydrogens (tertiary/aromatic N) is 1. The maximum Gasteiger partial charge on any atom is 0.255 e. The molecular weight excluding hydrogens is 290 g/mol. The van der Waals surface area contributed by atoms with Crippen LogP contribution in [0.1, 0.15) is 24.2 Å². The smallest absolute Gasteiger partial charge is 0.255 e. The molecule has 23 heavy (non-hydrogen) atoms. The summed E-state index contributed by atoms with van der Waals surface area (Å²) >= 11 is 0. The summed E-state index contributed by atoms with van der Waals surface area (Å²) in [5.41, 5.74) is 8.74. The van der Waals surface area contributed by atoms with Crippen LogP contribution in [0.4, 0.5) is 17.1 Å². The number of nitrogens with one attached hydrogen (secondary N) is 1. The highest BCUT2D eigenvalue weighted by atomic mass is 16.5. The van der Waals surface area contributed by atoms with Gasteiger partial charge in [-0.25, -0.2) is 0 Å². The number of anilines is 3. The Morgan fingerprint density at radius 2 is 1.78 bits per heavy atom. The van der Waals surface area contributed by atoms with Gasteiger partial charge in [-0.3, -0.25) is 4.79 Å². The van der Waals surface area contributed by atoms with E-state index in [1.807, 2.05) is 12.1 Å². The molecule has 0 aliphatic carbocycles. The maximum absolute atomic E-state index is 12.5. The van der Waals surface area contributed by atoms with Crippen molar-refractivity contribution in [1.82, 2.24) is 0 Å². The number of methoxy groups -OCH3 is 1. The SMILES string of the molecule is CCN(CC)c1ccc(N)cc1NC(=O)c1ccc(OC)cc1. The van der Waals surface area contributed by atoms with Crippen LogP contribution in [0.2, 0.25) is 0 Å². The summed E-state index contributed by atoms with van der Waals surface area (Å²) in [5.74, 6) is 0.543. The average Bonchev–Trinajstić information content (AvgIpc) is 2.57. The number of carbonyl (C=O) groups excluding carboxylic acids is 1. The Morgan fingerprint density at radius 1 is 1.13 bits per heavy atom. The summed E-state index contributed by atoms with van der Waals surface area (Å²) in [6.45, 7) is 5.86. The molecule has 1 amide bonds. The summed E-state index contributed by atoms with van der Waals surface area (Å²) in [7, 11) is 1.60. The van der Waals surface area contributed by atoms with Gasteiger partial charge in [-0.15, -0.1) is 0 Å². The van der Waals surface area contributed by atoms with Crippen LogP contribution in [-0.2, 0) is 0 Å². The molecule has 5 heteroatoms. The third kappa shape index (κ3) is 3.94. The number of hydrogen-bond acceptors (Lipinski definition) is 4. The molecule has 2 aromatic rings. The van der Waals surface area contributed by atoms with Gasteiger partial charge >= 0.3 is 0 Å². The molecule has 0 saturated heterocycles. The molecule has 5 nitrogen and oxygen atoms in total. The zero-order chi connectivity index (χ0) is 16.8. The van der Waals surface area contributed by atoms with E-state index in [1.165, 1.54) is 0 Å². The van der Waals surface area contributed by atoms with Crippen molar-refractivity contribution in [2.45, 2.75) is 13.8 Å². The van der Waals surface area contributed by atoms with E-state index in [-0.39, 0.29) is 5.91 Å². The lowest BCUT2D eigenvalue weighted by Gasteiger charge is -2.24. The van der Waals surface area contributed by atoms with Gasteiger partial charge in [0.05, 0.1) is 18.5 Å². The number of amides is 1. The fraction of sp³-hybridized carbons (Fsp3) is 0.278. The molecule has 2 aromatic carbocycles. The Kier molecular flexibility index (Phi) is 5.46. The normalized spacial score (nSPS) is 10.2. The second-order valence-corrected chi connectivity index (χ2v) is 5.13. The summed E-state index contributed by atoms with van der Waals surface area (Å²) in [6, 6.07) is 12.6. The fourth-order valence-electron chi connectivity index (χ4n) is 2.43. The zero-order valence-electron chi connectivity index (χ0n) is 13.8. The molecule has 2 rings (SSSR count). The monoisotopic (exact) mass is 313 g/mol. The first kappa shape index (κ1) is 16.7. The van der Waals surface area contributed by atoms with E-state index < -0.39 is 0 Å². The average molecular weight is 313 g/mol. The number of benzene rings is 2. The fourth-order valence-corrected chi connectivity index (χ4v) is 2.43. The first-order chi connectivity index (χ1) is 11.1. The topological polar surface area (TPSA) is 67.6 Å². The molecule has 0 spiro atoms. The van der Waals surface area contributed by atoms with Gasteiger partial charge in [0.25, 0.3) is 5.91 Å². The molecule has 0 bridgehead atoms. The minimum atomic E-state index is -0.174. The molecule has 0 saturated carbocycles. The van der Waals surface area contributed by atoms with Gasteiger partial charge in [0.1, 0.15) is 5.75 Å². The van der Waals surface area contributed by atoms with E-state index >= 15 is 0 Å². The highest BCUT2D eigenvalue weighted by Gasteiger charge is 2.13. The van der Waals surface area contributed by atoms with Crippen molar-refractivity contribution in [3.63, 3.8) is 0 Å². The third-order valence-corrected chi connectivity index (χ3v) is 3.73. The quantitative estimate of drug-likeness (QED) is 0.802. The lowest BCUT2D eigenvalue weighted by Crippen LogP contribution is -2.24. The van der Waals surface area contributed by atoms with E-state index in [4.69, 9.17) is 10.5 Å². The standard InChI is InChI=1S/C18H23N3O2/c1-4-21(5-2)17-11-8-14(19)12-16(17)20-18(22)13-6-9-15(23-3)10-7-13/h6-12H,4-5,19H2,1-3H3,(H,20,22). The summed E-state index contributed by atoms with van der Waals surface area (Å²) in [4.78, 5) is 14.6. The predicted molar refractivity (Wildman–Crippen MR) is 95.4 cm³/mol. The van der Waals surface area contributed by atoms with E-state index in [0.717, 1.165) is 24.5 Å².